The Kier molecular flexibility index (Phi) is 7.22. The van der Waals surface area contributed by atoms with Crippen LogP contribution < -0.4 is 9.46 Å². The SMILES string of the molecule is Cc1cccc(C)c1-c1cc2nc(n1)NS(=O)(=O)c1cccc(c1)C1CCN(CCC(C)(C)C)C[C@H](C1)O2. The van der Waals surface area contributed by atoms with Crippen LogP contribution in [0.4, 0.5) is 5.95 Å². The first kappa shape index (κ1) is 26.6. The molecule has 38 heavy (non-hydrogen) atoms. The van der Waals surface area contributed by atoms with Crippen molar-refractivity contribution in [3.05, 3.63) is 65.2 Å². The van der Waals surface area contributed by atoms with Gasteiger partial charge in [0.15, 0.2) is 0 Å². The molecule has 8 heteroatoms. The van der Waals surface area contributed by atoms with E-state index in [1.165, 1.54) is 0 Å². The summed E-state index contributed by atoms with van der Waals surface area (Å²) in [4.78, 5) is 11.9. The van der Waals surface area contributed by atoms with E-state index in [-0.39, 0.29) is 28.3 Å². The number of fused-ring (bicyclic) bond motifs is 7. The lowest BCUT2D eigenvalue weighted by atomic mass is 9.91. The molecule has 2 aliphatic heterocycles. The Bertz CT molecular complexity index is 1410. The van der Waals surface area contributed by atoms with E-state index in [1.807, 2.05) is 50.2 Å². The zero-order valence-electron chi connectivity index (χ0n) is 23.0. The van der Waals surface area contributed by atoms with E-state index < -0.39 is 10.0 Å². The Balaban J connectivity index is 1.60. The van der Waals surface area contributed by atoms with Crippen LogP contribution in [0.3, 0.4) is 0 Å². The van der Waals surface area contributed by atoms with E-state index in [2.05, 4.69) is 40.4 Å². The molecule has 2 aliphatic rings. The molecule has 0 spiro atoms. The predicted octanol–water partition coefficient (Wildman–Crippen LogP) is 5.94. The van der Waals surface area contributed by atoms with Gasteiger partial charge < -0.3 is 4.74 Å². The number of aromatic nitrogens is 2. The third-order valence-corrected chi connectivity index (χ3v) is 8.90. The Morgan fingerprint density at radius 2 is 1.79 bits per heavy atom. The number of anilines is 1. The minimum absolute atomic E-state index is 0.0147. The van der Waals surface area contributed by atoms with Gasteiger partial charge in [0.2, 0.25) is 11.8 Å². The van der Waals surface area contributed by atoms with Crippen molar-refractivity contribution in [1.29, 1.82) is 0 Å². The summed E-state index contributed by atoms with van der Waals surface area (Å²) in [6.07, 6.45) is 2.75. The summed E-state index contributed by atoms with van der Waals surface area (Å²) in [6.45, 7) is 13.6. The van der Waals surface area contributed by atoms with Gasteiger partial charge in [0.1, 0.15) is 6.10 Å². The fourth-order valence-corrected chi connectivity index (χ4v) is 6.47. The highest BCUT2D eigenvalue weighted by Crippen LogP contribution is 2.35. The van der Waals surface area contributed by atoms with E-state index >= 15 is 0 Å². The lowest BCUT2D eigenvalue weighted by Crippen LogP contribution is -2.36. The molecule has 202 valence electrons. The zero-order chi connectivity index (χ0) is 27.1. The second-order valence-corrected chi connectivity index (χ2v) is 13.6. The maximum Gasteiger partial charge on any atom is 0.264 e. The average Bonchev–Trinajstić information content (AvgIpc) is 3.04. The number of nitrogens with zero attached hydrogens (tertiary/aromatic N) is 3. The van der Waals surface area contributed by atoms with Gasteiger partial charge in [0.25, 0.3) is 10.0 Å². The third kappa shape index (κ3) is 6.02. The van der Waals surface area contributed by atoms with Crippen LogP contribution in [-0.4, -0.2) is 49.0 Å². The molecular weight excluding hydrogens is 496 g/mol. The molecular formula is C30H38N4O3S. The van der Waals surface area contributed by atoms with Crippen molar-refractivity contribution in [2.24, 2.45) is 5.41 Å². The van der Waals surface area contributed by atoms with E-state index in [1.54, 1.807) is 12.1 Å². The summed E-state index contributed by atoms with van der Waals surface area (Å²) >= 11 is 0. The summed E-state index contributed by atoms with van der Waals surface area (Å²) in [6, 6.07) is 15.2. The van der Waals surface area contributed by atoms with Gasteiger partial charge in [-0.05, 0) is 86.4 Å². The van der Waals surface area contributed by atoms with Crippen molar-refractivity contribution < 1.29 is 13.2 Å². The van der Waals surface area contributed by atoms with E-state index in [0.29, 0.717) is 11.6 Å². The molecule has 1 N–H and O–H groups in total. The molecule has 5 rings (SSSR count). The number of hydrogen-bond acceptors (Lipinski definition) is 6. The van der Waals surface area contributed by atoms with Gasteiger partial charge >= 0.3 is 0 Å². The number of likely N-dealkylation sites (tertiary alicyclic amines) is 1. The molecule has 7 nitrogen and oxygen atoms in total. The maximum atomic E-state index is 13.4. The zero-order valence-corrected chi connectivity index (χ0v) is 23.8. The van der Waals surface area contributed by atoms with Crippen molar-refractivity contribution in [3.63, 3.8) is 0 Å². The van der Waals surface area contributed by atoms with E-state index in [9.17, 15) is 8.42 Å². The lowest BCUT2D eigenvalue weighted by molar-refractivity contribution is 0.127. The fraction of sp³-hybridized carbons (Fsp3) is 0.467. The first-order chi connectivity index (χ1) is 18.0. The molecule has 0 aliphatic carbocycles. The number of nitrogens with one attached hydrogen (secondary N) is 1. The first-order valence-corrected chi connectivity index (χ1v) is 14.9. The van der Waals surface area contributed by atoms with Crippen LogP contribution in [-0.2, 0) is 10.0 Å². The van der Waals surface area contributed by atoms with Crippen molar-refractivity contribution in [3.8, 4) is 17.1 Å². The van der Waals surface area contributed by atoms with Crippen LogP contribution in [0.25, 0.3) is 11.3 Å². The second kappa shape index (κ2) is 10.3. The molecule has 3 heterocycles. The molecule has 1 saturated heterocycles. The molecule has 1 aromatic heterocycles. The standard InChI is InChI=1S/C30H38N4O3S/c1-20-8-6-9-21(2)28(20)26-18-27-32-29(31-26)33-38(35,36)25-11-7-10-22(17-25)23-12-14-34(15-13-30(3,4)5)19-24(16-23)37-27/h6-11,17-18,23-24H,12-16,19H2,1-5H3,(H,31,32,33)/t23?,24-/m0/s1. The normalized spacial score (nSPS) is 21.3. The van der Waals surface area contributed by atoms with Gasteiger partial charge in [-0.1, -0.05) is 51.1 Å². The minimum atomic E-state index is -3.88. The van der Waals surface area contributed by atoms with Crippen LogP contribution in [0, 0.1) is 19.3 Å². The molecule has 6 bridgehead atoms. The summed E-state index contributed by atoms with van der Waals surface area (Å²) in [5.41, 5.74) is 4.99. The van der Waals surface area contributed by atoms with Gasteiger partial charge in [0.05, 0.1) is 10.6 Å². The molecule has 1 fully saturated rings. The molecule has 2 atom stereocenters. The lowest BCUT2D eigenvalue weighted by Gasteiger charge is -2.28. The highest BCUT2D eigenvalue weighted by atomic mass is 32.2. The number of hydrogen-bond donors (Lipinski definition) is 1. The highest BCUT2D eigenvalue weighted by molar-refractivity contribution is 7.92. The molecule has 3 aromatic rings. The van der Waals surface area contributed by atoms with Gasteiger partial charge in [0, 0.05) is 18.2 Å². The quantitative estimate of drug-likeness (QED) is 0.448. The van der Waals surface area contributed by atoms with Crippen LogP contribution in [0.5, 0.6) is 5.88 Å². The maximum absolute atomic E-state index is 13.4. The first-order valence-electron chi connectivity index (χ1n) is 13.4. The number of ether oxygens (including phenoxy) is 1. The van der Waals surface area contributed by atoms with Gasteiger partial charge in [-0.3, -0.25) is 4.90 Å². The average molecular weight is 535 g/mol. The Morgan fingerprint density at radius 3 is 2.53 bits per heavy atom. The molecule has 0 radical (unpaired) electrons. The third-order valence-electron chi connectivity index (χ3n) is 7.57. The Hall–Kier alpha value is -2.97. The number of benzene rings is 2. The van der Waals surface area contributed by atoms with Gasteiger partial charge in [-0.2, -0.15) is 4.98 Å². The topological polar surface area (TPSA) is 84.4 Å². The highest BCUT2D eigenvalue weighted by Gasteiger charge is 2.30. The monoisotopic (exact) mass is 534 g/mol. The summed E-state index contributed by atoms with van der Waals surface area (Å²) in [7, 11) is -3.88. The van der Waals surface area contributed by atoms with Crippen LogP contribution >= 0.6 is 0 Å². The fourth-order valence-electron chi connectivity index (χ4n) is 5.48. The number of rotatable bonds is 3. The van der Waals surface area contributed by atoms with Crippen LogP contribution in [0.1, 0.15) is 62.6 Å². The van der Waals surface area contributed by atoms with Crippen molar-refractivity contribution in [2.45, 2.75) is 70.8 Å². The largest absolute Gasteiger partial charge is 0.473 e. The molecule has 0 amide bonds. The number of aryl methyl sites for hydroxylation is 2. The Morgan fingerprint density at radius 1 is 1.05 bits per heavy atom. The molecule has 2 aromatic carbocycles. The van der Waals surface area contributed by atoms with E-state index in [0.717, 1.165) is 61.2 Å². The molecule has 0 saturated carbocycles. The van der Waals surface area contributed by atoms with Crippen molar-refractivity contribution in [1.82, 2.24) is 14.9 Å². The Labute approximate surface area is 226 Å². The minimum Gasteiger partial charge on any atom is -0.473 e. The smallest absolute Gasteiger partial charge is 0.264 e. The van der Waals surface area contributed by atoms with Gasteiger partial charge in [-0.25, -0.2) is 18.1 Å². The van der Waals surface area contributed by atoms with Crippen LogP contribution in [0.2, 0.25) is 0 Å². The van der Waals surface area contributed by atoms with Crippen molar-refractivity contribution in [2.75, 3.05) is 24.4 Å². The van der Waals surface area contributed by atoms with E-state index in [4.69, 9.17) is 4.74 Å². The second-order valence-electron chi connectivity index (χ2n) is 11.9. The predicted molar refractivity (Wildman–Crippen MR) is 151 cm³/mol. The molecule has 1 unspecified atom stereocenters. The summed E-state index contributed by atoms with van der Waals surface area (Å²) in [5.74, 6) is 0.593. The number of sulfonamides is 1. The summed E-state index contributed by atoms with van der Waals surface area (Å²) in [5, 5.41) is 0. The summed E-state index contributed by atoms with van der Waals surface area (Å²) < 4.78 is 36.0. The van der Waals surface area contributed by atoms with Crippen molar-refractivity contribution >= 4 is 16.0 Å². The van der Waals surface area contributed by atoms with Crippen LogP contribution in [0.15, 0.2) is 53.4 Å². The van der Waals surface area contributed by atoms with Gasteiger partial charge in [-0.15, -0.1) is 0 Å².